The number of hydrogen-bond donors (Lipinski definition) is 0. The number of rotatable bonds is 4. The molecule has 4 rings (SSSR count). The van der Waals surface area contributed by atoms with Crippen LogP contribution in [0.2, 0.25) is 0 Å². The molecule has 6 nitrogen and oxygen atoms in total. The van der Waals surface area contributed by atoms with Crippen molar-refractivity contribution in [3.05, 3.63) is 71.3 Å². The molecule has 0 N–H and O–H groups in total. The Hall–Kier alpha value is -3.15. The normalized spacial score (nSPS) is 15.7. The van der Waals surface area contributed by atoms with Crippen LogP contribution in [0.5, 0.6) is 0 Å². The number of hydrogen-bond acceptors (Lipinski definition) is 4. The van der Waals surface area contributed by atoms with E-state index in [1.807, 2.05) is 55.1 Å². The fraction of sp³-hybridized carbons (Fsp3) is 0.348. The Labute approximate surface area is 170 Å². The lowest BCUT2D eigenvalue weighted by Gasteiger charge is -2.38. The van der Waals surface area contributed by atoms with Crippen molar-refractivity contribution in [1.29, 1.82) is 0 Å². The van der Waals surface area contributed by atoms with Crippen molar-refractivity contribution < 1.29 is 4.79 Å². The summed E-state index contributed by atoms with van der Waals surface area (Å²) >= 11 is 0. The Bertz CT molecular complexity index is 1050. The van der Waals surface area contributed by atoms with Gasteiger partial charge in [-0.25, -0.2) is 4.98 Å². The smallest absolute Gasteiger partial charge is 0.261 e. The van der Waals surface area contributed by atoms with Crippen LogP contribution < -0.4 is 10.5 Å². The van der Waals surface area contributed by atoms with Gasteiger partial charge in [-0.3, -0.25) is 14.2 Å². The topological polar surface area (TPSA) is 58.4 Å². The number of fused-ring (bicyclic) bond motifs is 1. The lowest BCUT2D eigenvalue weighted by Crippen LogP contribution is -2.52. The zero-order chi connectivity index (χ0) is 20.4. The van der Waals surface area contributed by atoms with Gasteiger partial charge >= 0.3 is 0 Å². The van der Waals surface area contributed by atoms with Crippen LogP contribution in [0.25, 0.3) is 10.9 Å². The van der Waals surface area contributed by atoms with Gasteiger partial charge < -0.3 is 9.80 Å². The summed E-state index contributed by atoms with van der Waals surface area (Å²) in [6.45, 7) is 6.81. The summed E-state index contributed by atoms with van der Waals surface area (Å²) in [7, 11) is 0. The van der Waals surface area contributed by atoms with Crippen LogP contribution in [0.4, 0.5) is 5.69 Å². The van der Waals surface area contributed by atoms with Gasteiger partial charge in [0.1, 0.15) is 6.04 Å². The highest BCUT2D eigenvalue weighted by Crippen LogP contribution is 2.22. The van der Waals surface area contributed by atoms with Crippen LogP contribution in [0.15, 0.2) is 65.7 Å². The first-order valence-electron chi connectivity index (χ1n) is 10.1. The largest absolute Gasteiger partial charge is 0.368 e. The summed E-state index contributed by atoms with van der Waals surface area (Å²) in [5, 5.41) is 0.544. The first-order valence-corrected chi connectivity index (χ1v) is 10.1. The monoisotopic (exact) mass is 390 g/mol. The second-order valence-corrected chi connectivity index (χ2v) is 7.81. The molecule has 0 radical (unpaired) electrons. The van der Waals surface area contributed by atoms with Crippen molar-refractivity contribution in [3.8, 4) is 0 Å². The minimum Gasteiger partial charge on any atom is -0.368 e. The van der Waals surface area contributed by atoms with E-state index in [2.05, 4.69) is 22.0 Å². The van der Waals surface area contributed by atoms with Crippen LogP contribution in [-0.2, 0) is 4.79 Å². The molecule has 0 aliphatic carbocycles. The molecular formula is C23H26N4O2. The number of aromatic nitrogens is 2. The van der Waals surface area contributed by atoms with E-state index < -0.39 is 6.04 Å². The molecule has 1 fully saturated rings. The van der Waals surface area contributed by atoms with Crippen LogP contribution in [0, 0.1) is 5.92 Å². The van der Waals surface area contributed by atoms with E-state index in [1.165, 1.54) is 16.6 Å². The molecule has 1 aliphatic heterocycles. The second kappa shape index (κ2) is 8.07. The molecule has 1 atom stereocenters. The van der Waals surface area contributed by atoms with Crippen molar-refractivity contribution in [1.82, 2.24) is 14.5 Å². The molecule has 1 saturated heterocycles. The van der Waals surface area contributed by atoms with E-state index in [9.17, 15) is 9.59 Å². The molecule has 0 bridgehead atoms. The Morgan fingerprint density at radius 1 is 0.931 bits per heavy atom. The molecule has 0 saturated carbocycles. The van der Waals surface area contributed by atoms with Crippen LogP contribution in [-0.4, -0.2) is 46.5 Å². The molecule has 2 heterocycles. The number of nitrogens with zero attached hydrogens (tertiary/aromatic N) is 4. The van der Waals surface area contributed by atoms with Gasteiger partial charge in [0.25, 0.3) is 5.56 Å². The molecule has 1 amide bonds. The maximum absolute atomic E-state index is 13.4. The van der Waals surface area contributed by atoms with Gasteiger partial charge in [0, 0.05) is 31.9 Å². The van der Waals surface area contributed by atoms with Gasteiger partial charge in [0.05, 0.1) is 17.2 Å². The predicted octanol–water partition coefficient (Wildman–Crippen LogP) is 2.94. The van der Waals surface area contributed by atoms with Gasteiger partial charge in [-0.05, 0) is 30.2 Å². The van der Waals surface area contributed by atoms with Crippen molar-refractivity contribution in [2.24, 2.45) is 5.92 Å². The van der Waals surface area contributed by atoms with Crippen LogP contribution >= 0.6 is 0 Å². The molecule has 3 aromatic rings. The van der Waals surface area contributed by atoms with E-state index in [-0.39, 0.29) is 17.4 Å². The van der Waals surface area contributed by atoms with Gasteiger partial charge in [0.2, 0.25) is 5.91 Å². The molecule has 0 spiro atoms. The SMILES string of the molecule is CC(C)[C@@H](C(=O)N1CCN(c2ccccc2)CC1)n1cnc2ccccc2c1=O. The molecule has 150 valence electrons. The average molecular weight is 390 g/mol. The highest BCUT2D eigenvalue weighted by atomic mass is 16.2. The van der Waals surface area contributed by atoms with Crippen molar-refractivity contribution in [2.75, 3.05) is 31.1 Å². The first-order chi connectivity index (χ1) is 14.1. The standard InChI is InChI=1S/C23H26N4O2/c1-17(2)21(27-16-24-20-11-7-6-10-19(20)22(27)28)23(29)26-14-12-25(13-15-26)18-8-4-3-5-9-18/h3-11,16-17,21H,12-15H2,1-2H3/t21-/m0/s1. The summed E-state index contributed by atoms with van der Waals surface area (Å²) in [4.78, 5) is 35.0. The minimum atomic E-state index is -0.553. The number of para-hydroxylation sites is 2. The van der Waals surface area contributed by atoms with E-state index in [0.717, 1.165) is 13.1 Å². The Balaban J connectivity index is 1.56. The van der Waals surface area contributed by atoms with Gasteiger partial charge in [-0.2, -0.15) is 0 Å². The van der Waals surface area contributed by atoms with Gasteiger partial charge in [-0.15, -0.1) is 0 Å². The summed E-state index contributed by atoms with van der Waals surface area (Å²) in [5.41, 5.74) is 1.67. The third-order valence-electron chi connectivity index (χ3n) is 5.59. The molecule has 1 aliphatic rings. The Morgan fingerprint density at radius 3 is 2.28 bits per heavy atom. The molecule has 1 aromatic heterocycles. The first kappa shape index (κ1) is 19.2. The van der Waals surface area contributed by atoms with Crippen molar-refractivity contribution >= 4 is 22.5 Å². The highest BCUT2D eigenvalue weighted by molar-refractivity contribution is 5.82. The summed E-state index contributed by atoms with van der Waals surface area (Å²) < 4.78 is 1.51. The van der Waals surface area contributed by atoms with Crippen molar-refractivity contribution in [2.45, 2.75) is 19.9 Å². The zero-order valence-electron chi connectivity index (χ0n) is 16.9. The number of benzene rings is 2. The fourth-order valence-corrected chi connectivity index (χ4v) is 4.02. The van der Waals surface area contributed by atoms with Crippen LogP contribution in [0.3, 0.4) is 0 Å². The molecule has 0 unspecified atom stereocenters. The maximum Gasteiger partial charge on any atom is 0.261 e. The predicted molar refractivity (Wildman–Crippen MR) is 115 cm³/mol. The summed E-state index contributed by atoms with van der Waals surface area (Å²) in [6, 6.07) is 17.0. The quantitative estimate of drug-likeness (QED) is 0.687. The number of piperazine rings is 1. The average Bonchev–Trinajstić information content (AvgIpc) is 2.76. The van der Waals surface area contributed by atoms with Gasteiger partial charge in [-0.1, -0.05) is 44.2 Å². The van der Waals surface area contributed by atoms with E-state index in [1.54, 1.807) is 6.07 Å². The number of carbonyl (C=O) groups excluding carboxylic acids is 1. The van der Waals surface area contributed by atoms with Gasteiger partial charge in [0.15, 0.2) is 0 Å². The maximum atomic E-state index is 13.4. The third-order valence-corrected chi connectivity index (χ3v) is 5.59. The van der Waals surface area contributed by atoms with E-state index in [4.69, 9.17) is 0 Å². The molecule has 2 aromatic carbocycles. The third kappa shape index (κ3) is 3.75. The summed E-state index contributed by atoms with van der Waals surface area (Å²) in [5.74, 6) is -0.0257. The molecule has 6 heteroatoms. The lowest BCUT2D eigenvalue weighted by molar-refractivity contribution is -0.136. The van der Waals surface area contributed by atoms with Crippen LogP contribution in [0.1, 0.15) is 19.9 Å². The molecular weight excluding hydrogens is 364 g/mol. The Kier molecular flexibility index (Phi) is 5.34. The lowest BCUT2D eigenvalue weighted by atomic mass is 10.0. The van der Waals surface area contributed by atoms with Crippen molar-refractivity contribution in [3.63, 3.8) is 0 Å². The number of carbonyl (C=O) groups is 1. The van der Waals surface area contributed by atoms with E-state index >= 15 is 0 Å². The zero-order valence-corrected chi connectivity index (χ0v) is 16.9. The minimum absolute atomic E-state index is 0.00751. The van der Waals surface area contributed by atoms with E-state index in [0.29, 0.717) is 24.0 Å². The number of anilines is 1. The molecule has 29 heavy (non-hydrogen) atoms. The Morgan fingerprint density at radius 2 is 1.59 bits per heavy atom. The fourth-order valence-electron chi connectivity index (χ4n) is 4.02. The summed E-state index contributed by atoms with van der Waals surface area (Å²) in [6.07, 6.45) is 1.52. The highest BCUT2D eigenvalue weighted by Gasteiger charge is 2.31. The second-order valence-electron chi connectivity index (χ2n) is 7.81. The number of amides is 1.